The van der Waals surface area contributed by atoms with Gasteiger partial charge in [0.25, 0.3) is 5.56 Å². The van der Waals surface area contributed by atoms with E-state index in [0.717, 1.165) is 23.2 Å². The molecule has 0 atom stereocenters. The van der Waals surface area contributed by atoms with Gasteiger partial charge in [0.15, 0.2) is 17.3 Å². The lowest BCUT2D eigenvalue weighted by Crippen LogP contribution is -2.32. The molecule has 0 unspecified atom stereocenters. The van der Waals surface area contributed by atoms with Crippen LogP contribution in [0.5, 0.6) is 11.5 Å². The van der Waals surface area contributed by atoms with Crippen LogP contribution < -0.4 is 15.0 Å². The monoisotopic (exact) mass is 490 g/mol. The van der Waals surface area contributed by atoms with E-state index in [1.807, 2.05) is 16.8 Å². The van der Waals surface area contributed by atoms with Gasteiger partial charge in [-0.3, -0.25) is 9.69 Å². The Labute approximate surface area is 211 Å². The normalized spacial score (nSPS) is 11.9. The van der Waals surface area contributed by atoms with E-state index in [1.54, 1.807) is 20.3 Å². The summed E-state index contributed by atoms with van der Waals surface area (Å²) in [6.45, 7) is 9.98. The Balaban J connectivity index is 1.70. The molecule has 1 N–H and O–H groups in total. The van der Waals surface area contributed by atoms with Crippen LogP contribution in [0.25, 0.3) is 10.9 Å². The SMILES string of the molecule is CCC(C)(C)n1nnnc1CN(Cc1ccc(C)cc1)Cc1cc2cc(OC)c(OC)cc2[nH]c1=O. The first-order valence-electron chi connectivity index (χ1n) is 12.1. The maximum atomic E-state index is 13.1. The lowest BCUT2D eigenvalue weighted by atomic mass is 10.0. The number of hydrogen-bond donors (Lipinski definition) is 1. The molecule has 0 amide bonds. The Morgan fingerprint density at radius 3 is 2.36 bits per heavy atom. The van der Waals surface area contributed by atoms with Gasteiger partial charge in [-0.1, -0.05) is 36.8 Å². The number of nitrogens with one attached hydrogen (secondary N) is 1. The zero-order chi connectivity index (χ0) is 25.9. The smallest absolute Gasteiger partial charge is 0.252 e. The number of aryl methyl sites for hydroxylation is 1. The van der Waals surface area contributed by atoms with E-state index >= 15 is 0 Å². The summed E-state index contributed by atoms with van der Waals surface area (Å²) in [4.78, 5) is 18.3. The van der Waals surface area contributed by atoms with Gasteiger partial charge in [0.05, 0.1) is 31.8 Å². The molecule has 0 saturated carbocycles. The topological polar surface area (TPSA) is 98.2 Å². The highest BCUT2D eigenvalue weighted by atomic mass is 16.5. The summed E-state index contributed by atoms with van der Waals surface area (Å²) in [6.07, 6.45) is 0.888. The fraction of sp³-hybridized carbons (Fsp3) is 0.407. The molecule has 0 radical (unpaired) electrons. The molecule has 4 rings (SSSR count). The first kappa shape index (κ1) is 25.4. The van der Waals surface area contributed by atoms with Crippen LogP contribution in [-0.2, 0) is 25.2 Å². The van der Waals surface area contributed by atoms with E-state index in [2.05, 4.69) is 77.4 Å². The van der Waals surface area contributed by atoms with E-state index in [0.29, 0.717) is 42.2 Å². The Bertz CT molecular complexity index is 1390. The number of pyridine rings is 1. The fourth-order valence-corrected chi connectivity index (χ4v) is 4.18. The van der Waals surface area contributed by atoms with Crippen LogP contribution in [0.1, 0.15) is 49.7 Å². The minimum Gasteiger partial charge on any atom is -0.493 e. The van der Waals surface area contributed by atoms with Crippen molar-refractivity contribution in [2.45, 2.75) is 59.3 Å². The summed E-state index contributed by atoms with van der Waals surface area (Å²) >= 11 is 0. The van der Waals surface area contributed by atoms with E-state index in [-0.39, 0.29) is 11.1 Å². The largest absolute Gasteiger partial charge is 0.493 e. The van der Waals surface area contributed by atoms with Crippen molar-refractivity contribution in [3.8, 4) is 11.5 Å². The van der Waals surface area contributed by atoms with Crippen LogP contribution in [0.4, 0.5) is 0 Å². The van der Waals surface area contributed by atoms with Crippen LogP contribution >= 0.6 is 0 Å². The molecule has 2 heterocycles. The third-order valence-corrected chi connectivity index (χ3v) is 6.68. The van der Waals surface area contributed by atoms with Crippen molar-refractivity contribution in [2.75, 3.05) is 14.2 Å². The summed E-state index contributed by atoms with van der Waals surface area (Å²) in [7, 11) is 3.17. The molecule has 2 aromatic heterocycles. The summed E-state index contributed by atoms with van der Waals surface area (Å²) in [6, 6.07) is 14.0. The predicted octanol–water partition coefficient (Wildman–Crippen LogP) is 4.19. The molecule has 190 valence electrons. The van der Waals surface area contributed by atoms with Crippen LogP contribution in [0.2, 0.25) is 0 Å². The molecule has 0 spiro atoms. The van der Waals surface area contributed by atoms with Crippen molar-refractivity contribution in [1.82, 2.24) is 30.1 Å². The van der Waals surface area contributed by atoms with E-state index in [9.17, 15) is 4.79 Å². The van der Waals surface area contributed by atoms with Gasteiger partial charge in [0, 0.05) is 30.1 Å². The summed E-state index contributed by atoms with van der Waals surface area (Å²) in [5.41, 5.74) is 3.34. The number of H-pyrrole nitrogens is 1. The van der Waals surface area contributed by atoms with Gasteiger partial charge in [0.2, 0.25) is 0 Å². The van der Waals surface area contributed by atoms with Crippen molar-refractivity contribution in [3.05, 3.63) is 75.3 Å². The molecule has 0 saturated heterocycles. The van der Waals surface area contributed by atoms with Gasteiger partial charge in [-0.25, -0.2) is 4.68 Å². The van der Waals surface area contributed by atoms with Gasteiger partial charge in [-0.05, 0) is 55.3 Å². The van der Waals surface area contributed by atoms with Crippen LogP contribution in [0.15, 0.2) is 47.3 Å². The molecule has 9 heteroatoms. The van der Waals surface area contributed by atoms with E-state index < -0.39 is 0 Å². The average molecular weight is 491 g/mol. The summed E-state index contributed by atoms with van der Waals surface area (Å²) in [5.74, 6) is 1.94. The Kier molecular flexibility index (Phi) is 7.40. The van der Waals surface area contributed by atoms with Crippen molar-refractivity contribution in [3.63, 3.8) is 0 Å². The molecule has 0 bridgehead atoms. The molecule has 0 aliphatic carbocycles. The first-order valence-corrected chi connectivity index (χ1v) is 12.1. The number of tetrazole rings is 1. The van der Waals surface area contributed by atoms with Crippen molar-refractivity contribution in [2.24, 2.45) is 0 Å². The molecule has 0 fully saturated rings. The van der Waals surface area contributed by atoms with Gasteiger partial charge in [-0.15, -0.1) is 5.10 Å². The third kappa shape index (κ3) is 5.41. The van der Waals surface area contributed by atoms with Crippen LogP contribution in [0, 0.1) is 6.92 Å². The number of rotatable bonds is 10. The number of aromatic amines is 1. The lowest BCUT2D eigenvalue weighted by Gasteiger charge is -2.27. The number of fused-ring (bicyclic) bond motifs is 1. The Hall–Kier alpha value is -3.72. The number of hydrogen-bond acceptors (Lipinski definition) is 7. The second kappa shape index (κ2) is 10.5. The number of ether oxygens (including phenoxy) is 2. The van der Waals surface area contributed by atoms with Gasteiger partial charge < -0.3 is 14.5 Å². The third-order valence-electron chi connectivity index (χ3n) is 6.68. The highest BCUT2D eigenvalue weighted by molar-refractivity contribution is 5.83. The Morgan fingerprint density at radius 2 is 1.69 bits per heavy atom. The minimum atomic E-state index is -0.218. The highest BCUT2D eigenvalue weighted by Gasteiger charge is 2.25. The van der Waals surface area contributed by atoms with Gasteiger partial charge >= 0.3 is 0 Å². The molecule has 2 aromatic carbocycles. The lowest BCUT2D eigenvalue weighted by molar-refractivity contribution is 0.217. The molecule has 4 aromatic rings. The number of methoxy groups -OCH3 is 2. The first-order chi connectivity index (χ1) is 17.2. The zero-order valence-electron chi connectivity index (χ0n) is 21.8. The second-order valence-corrected chi connectivity index (χ2v) is 9.72. The molecular weight excluding hydrogens is 456 g/mol. The summed E-state index contributed by atoms with van der Waals surface area (Å²) in [5, 5.41) is 13.4. The maximum absolute atomic E-state index is 13.1. The molecule has 36 heavy (non-hydrogen) atoms. The quantitative estimate of drug-likeness (QED) is 0.356. The van der Waals surface area contributed by atoms with E-state index in [4.69, 9.17) is 9.47 Å². The number of aromatic nitrogens is 5. The summed E-state index contributed by atoms with van der Waals surface area (Å²) < 4.78 is 12.7. The standard InChI is InChI=1S/C27H34N6O3/c1-7-27(3,4)33-25(29-30-31-33)17-32(15-19-10-8-18(2)9-11-19)16-21-12-20-13-23(35-5)24(36-6)14-22(20)28-26(21)34/h8-14H,7,15-17H2,1-6H3,(H,28,34). The highest BCUT2D eigenvalue weighted by Crippen LogP contribution is 2.31. The predicted molar refractivity (Wildman–Crippen MR) is 139 cm³/mol. The molecule has 0 aliphatic rings. The number of benzene rings is 2. The van der Waals surface area contributed by atoms with Gasteiger partial charge in [0.1, 0.15) is 0 Å². The van der Waals surface area contributed by atoms with E-state index in [1.165, 1.54) is 5.56 Å². The second-order valence-electron chi connectivity index (χ2n) is 9.72. The molecular formula is C27H34N6O3. The zero-order valence-corrected chi connectivity index (χ0v) is 21.8. The molecule has 0 aliphatic heterocycles. The van der Waals surface area contributed by atoms with Crippen LogP contribution in [-0.4, -0.2) is 44.3 Å². The number of nitrogens with zero attached hydrogens (tertiary/aromatic N) is 5. The fourth-order valence-electron chi connectivity index (χ4n) is 4.18. The minimum absolute atomic E-state index is 0.142. The maximum Gasteiger partial charge on any atom is 0.252 e. The van der Waals surface area contributed by atoms with Crippen molar-refractivity contribution in [1.29, 1.82) is 0 Å². The average Bonchev–Trinajstić information content (AvgIpc) is 3.34. The van der Waals surface area contributed by atoms with Crippen LogP contribution in [0.3, 0.4) is 0 Å². The Morgan fingerprint density at radius 1 is 1.00 bits per heavy atom. The van der Waals surface area contributed by atoms with Crippen molar-refractivity contribution < 1.29 is 9.47 Å². The van der Waals surface area contributed by atoms with Crippen molar-refractivity contribution >= 4 is 10.9 Å². The molecule has 9 nitrogen and oxygen atoms in total. The van der Waals surface area contributed by atoms with Gasteiger partial charge in [-0.2, -0.15) is 0 Å².